The number of nitrogens with one attached hydrogen (secondary N) is 1. The summed E-state index contributed by atoms with van der Waals surface area (Å²) in [4.78, 5) is 30.8. The Bertz CT molecular complexity index is 1300. The Balaban J connectivity index is 1.48. The molecule has 1 saturated heterocycles. The molecule has 3 aromatic heterocycles. The number of carbonyl (C=O) groups excluding carboxylic acids is 1. The number of rotatable bonds is 6. The van der Waals surface area contributed by atoms with Gasteiger partial charge in [-0.2, -0.15) is 0 Å². The minimum Gasteiger partial charge on any atom is -0.488 e. The van der Waals surface area contributed by atoms with Crippen molar-refractivity contribution in [2.24, 2.45) is 7.05 Å². The highest BCUT2D eigenvalue weighted by Gasteiger charge is 2.30. The minimum absolute atomic E-state index is 0.0234. The quantitative estimate of drug-likeness (QED) is 0.462. The van der Waals surface area contributed by atoms with Crippen LogP contribution >= 0.6 is 0 Å². The third-order valence-corrected chi connectivity index (χ3v) is 5.86. The lowest BCUT2D eigenvalue weighted by Crippen LogP contribution is -2.35. The van der Waals surface area contributed by atoms with Gasteiger partial charge in [0.25, 0.3) is 0 Å². The number of H-pyrrole nitrogens is 1. The molecule has 1 N–H and O–H groups in total. The zero-order valence-corrected chi connectivity index (χ0v) is 17.8. The maximum atomic E-state index is 14.0. The van der Waals surface area contributed by atoms with Crippen molar-refractivity contribution in [2.75, 3.05) is 24.7 Å². The number of nitrogens with zero attached hydrogens (tertiary/aromatic N) is 5. The van der Waals surface area contributed by atoms with Gasteiger partial charge in [-0.15, -0.1) is 0 Å². The van der Waals surface area contributed by atoms with Crippen LogP contribution in [0.4, 0.5) is 10.2 Å². The standard InChI is InChI=1S/C22H23FN6O3/c1-3-31-22(30)18-19(15-9-13(23)6-7-16(15)28(18)2)32-10-14-5-4-8-29(14)21-17-20(25-11-24-17)26-12-27-21/h6-7,9,11-12,14H,3-5,8,10H2,1-2H3,(H,24,25,26,27). The van der Waals surface area contributed by atoms with Crippen molar-refractivity contribution in [1.29, 1.82) is 0 Å². The predicted octanol–water partition coefficient (Wildman–Crippen LogP) is 3.21. The van der Waals surface area contributed by atoms with E-state index in [2.05, 4.69) is 24.8 Å². The van der Waals surface area contributed by atoms with Crippen LogP contribution in [0.5, 0.6) is 5.75 Å². The van der Waals surface area contributed by atoms with Gasteiger partial charge in [0.15, 0.2) is 22.9 Å². The summed E-state index contributed by atoms with van der Waals surface area (Å²) in [6.07, 6.45) is 4.97. The molecule has 0 radical (unpaired) electrons. The van der Waals surface area contributed by atoms with Crippen molar-refractivity contribution in [3.63, 3.8) is 0 Å². The van der Waals surface area contributed by atoms with E-state index in [1.165, 1.54) is 18.5 Å². The largest absolute Gasteiger partial charge is 0.488 e. The van der Waals surface area contributed by atoms with E-state index in [9.17, 15) is 9.18 Å². The van der Waals surface area contributed by atoms with Crippen molar-refractivity contribution in [1.82, 2.24) is 24.5 Å². The van der Waals surface area contributed by atoms with E-state index in [-0.39, 0.29) is 18.3 Å². The summed E-state index contributed by atoms with van der Waals surface area (Å²) in [5.41, 5.74) is 2.35. The fourth-order valence-electron chi connectivity index (χ4n) is 4.40. The smallest absolute Gasteiger partial charge is 0.358 e. The number of ether oxygens (including phenoxy) is 2. The second-order valence-corrected chi connectivity index (χ2v) is 7.72. The second kappa shape index (κ2) is 8.10. The van der Waals surface area contributed by atoms with Gasteiger partial charge >= 0.3 is 5.97 Å². The third-order valence-electron chi connectivity index (χ3n) is 5.86. The van der Waals surface area contributed by atoms with Crippen molar-refractivity contribution in [3.05, 3.63) is 42.4 Å². The Kier molecular flexibility index (Phi) is 5.12. The second-order valence-electron chi connectivity index (χ2n) is 7.72. The van der Waals surface area contributed by atoms with Gasteiger partial charge in [-0.05, 0) is 38.0 Å². The lowest BCUT2D eigenvalue weighted by atomic mass is 10.2. The predicted molar refractivity (Wildman–Crippen MR) is 116 cm³/mol. The zero-order chi connectivity index (χ0) is 22.2. The number of anilines is 1. The van der Waals surface area contributed by atoms with Gasteiger partial charge in [0.05, 0.1) is 24.5 Å². The molecule has 166 valence electrons. The average molecular weight is 438 g/mol. The molecule has 4 aromatic rings. The van der Waals surface area contributed by atoms with Crippen molar-refractivity contribution >= 4 is 33.9 Å². The molecule has 5 rings (SSSR count). The molecule has 4 heterocycles. The Labute approximate surface area is 183 Å². The molecule has 1 aliphatic heterocycles. The topological polar surface area (TPSA) is 98.2 Å². The summed E-state index contributed by atoms with van der Waals surface area (Å²) in [5, 5.41) is 0.540. The van der Waals surface area contributed by atoms with Crippen LogP contribution in [-0.2, 0) is 11.8 Å². The lowest BCUT2D eigenvalue weighted by molar-refractivity contribution is 0.0510. The van der Waals surface area contributed by atoms with Gasteiger partial charge in [-0.1, -0.05) is 0 Å². The number of hydrogen-bond donors (Lipinski definition) is 1. The molecule has 1 unspecified atom stereocenters. The fourth-order valence-corrected chi connectivity index (χ4v) is 4.40. The molecule has 10 heteroatoms. The number of halogens is 1. The molecule has 0 spiro atoms. The number of imidazole rings is 1. The summed E-state index contributed by atoms with van der Waals surface area (Å²) in [6.45, 7) is 3.10. The molecule has 0 aliphatic carbocycles. The number of aryl methyl sites for hydroxylation is 1. The average Bonchev–Trinajstić information content (AvgIpc) is 3.50. The van der Waals surface area contributed by atoms with Crippen LogP contribution in [0.3, 0.4) is 0 Å². The van der Waals surface area contributed by atoms with Gasteiger partial charge in [-0.3, -0.25) is 0 Å². The zero-order valence-electron chi connectivity index (χ0n) is 17.8. The normalized spacial score (nSPS) is 16.2. The molecule has 1 atom stereocenters. The number of benzene rings is 1. The van der Waals surface area contributed by atoms with Crippen LogP contribution in [0.15, 0.2) is 30.9 Å². The molecular weight excluding hydrogens is 415 g/mol. The first kappa shape index (κ1) is 20.2. The minimum atomic E-state index is -0.500. The summed E-state index contributed by atoms with van der Waals surface area (Å²) in [5.74, 6) is 0.211. The number of carbonyl (C=O) groups is 1. The number of hydrogen-bond acceptors (Lipinski definition) is 7. The Morgan fingerprint density at radius 2 is 2.19 bits per heavy atom. The van der Waals surface area contributed by atoms with Gasteiger partial charge in [-0.25, -0.2) is 24.1 Å². The first-order valence-electron chi connectivity index (χ1n) is 10.6. The molecule has 0 amide bonds. The fraction of sp³-hybridized carbons (Fsp3) is 0.364. The van der Waals surface area contributed by atoms with Crippen molar-refractivity contribution < 1.29 is 18.7 Å². The van der Waals surface area contributed by atoms with Crippen LogP contribution in [0.25, 0.3) is 22.1 Å². The van der Waals surface area contributed by atoms with E-state index in [0.29, 0.717) is 28.9 Å². The van der Waals surface area contributed by atoms with E-state index in [0.717, 1.165) is 30.7 Å². The van der Waals surface area contributed by atoms with Crippen LogP contribution in [-0.4, -0.2) is 56.3 Å². The molecule has 0 saturated carbocycles. The SMILES string of the molecule is CCOC(=O)c1c(OCC2CCCN2c2ncnc3nc[nH]c23)c2cc(F)ccc2n1C. The molecule has 1 aliphatic rings. The molecule has 32 heavy (non-hydrogen) atoms. The first-order valence-corrected chi connectivity index (χ1v) is 10.6. The molecular formula is C22H23FN6O3. The maximum absolute atomic E-state index is 14.0. The summed E-state index contributed by atoms with van der Waals surface area (Å²) in [7, 11) is 1.75. The van der Waals surface area contributed by atoms with Crippen molar-refractivity contribution in [3.8, 4) is 5.75 Å². The van der Waals surface area contributed by atoms with Crippen LogP contribution in [0, 0.1) is 5.82 Å². The van der Waals surface area contributed by atoms with Crippen LogP contribution in [0.2, 0.25) is 0 Å². The Morgan fingerprint density at radius 1 is 1.31 bits per heavy atom. The van der Waals surface area contributed by atoms with E-state index in [1.54, 1.807) is 30.9 Å². The highest BCUT2D eigenvalue weighted by molar-refractivity contribution is 6.01. The first-order chi connectivity index (χ1) is 15.6. The Hall–Kier alpha value is -3.69. The number of aromatic nitrogens is 5. The van der Waals surface area contributed by atoms with Gasteiger partial charge in [0, 0.05) is 19.0 Å². The molecule has 9 nitrogen and oxygen atoms in total. The third kappa shape index (κ3) is 3.31. The van der Waals surface area contributed by atoms with E-state index < -0.39 is 11.8 Å². The summed E-state index contributed by atoms with van der Waals surface area (Å²) >= 11 is 0. The monoisotopic (exact) mass is 438 g/mol. The maximum Gasteiger partial charge on any atom is 0.358 e. The summed E-state index contributed by atoms with van der Waals surface area (Å²) < 4.78 is 27.2. The van der Waals surface area contributed by atoms with E-state index >= 15 is 0 Å². The highest BCUT2D eigenvalue weighted by Crippen LogP contribution is 2.35. The van der Waals surface area contributed by atoms with Crippen LogP contribution in [0.1, 0.15) is 30.3 Å². The van der Waals surface area contributed by atoms with Gasteiger partial charge in [0.2, 0.25) is 0 Å². The van der Waals surface area contributed by atoms with Crippen molar-refractivity contribution in [2.45, 2.75) is 25.8 Å². The van der Waals surface area contributed by atoms with Crippen LogP contribution < -0.4 is 9.64 Å². The summed E-state index contributed by atoms with van der Waals surface area (Å²) in [6, 6.07) is 4.41. The van der Waals surface area contributed by atoms with Gasteiger partial charge in [0.1, 0.15) is 24.3 Å². The Morgan fingerprint density at radius 3 is 3.03 bits per heavy atom. The van der Waals surface area contributed by atoms with Gasteiger partial charge < -0.3 is 23.9 Å². The van der Waals surface area contributed by atoms with E-state index in [4.69, 9.17) is 9.47 Å². The number of esters is 1. The molecule has 0 bridgehead atoms. The number of aromatic amines is 1. The number of fused-ring (bicyclic) bond motifs is 2. The highest BCUT2D eigenvalue weighted by atomic mass is 19.1. The molecule has 1 aromatic carbocycles. The molecule has 1 fully saturated rings. The van der Waals surface area contributed by atoms with E-state index in [1.807, 2.05) is 0 Å². The lowest BCUT2D eigenvalue weighted by Gasteiger charge is -2.26.